The highest BCUT2D eigenvalue weighted by Gasteiger charge is 2.29. The Hall–Kier alpha value is -1.33. The van der Waals surface area contributed by atoms with Gasteiger partial charge >= 0.3 is 0 Å². The van der Waals surface area contributed by atoms with Gasteiger partial charge in [-0.05, 0) is 30.7 Å². The largest absolute Gasteiger partial charge is 0.385 e. The average molecular weight is 345 g/mol. The molecule has 0 aliphatic carbocycles. The molecule has 0 aromatic heterocycles. The van der Waals surface area contributed by atoms with Crippen molar-refractivity contribution in [1.29, 1.82) is 0 Å². The smallest absolute Gasteiger partial charge is 0.164 e. The molecule has 0 saturated heterocycles. The second kappa shape index (κ2) is 5.58. The van der Waals surface area contributed by atoms with E-state index in [4.69, 9.17) is 0 Å². The van der Waals surface area contributed by atoms with Crippen molar-refractivity contribution in [2.24, 2.45) is 0 Å². The van der Waals surface area contributed by atoms with E-state index in [0.29, 0.717) is 10.0 Å². The van der Waals surface area contributed by atoms with E-state index in [1.165, 1.54) is 37.3 Å². The van der Waals surface area contributed by atoms with Gasteiger partial charge in [0, 0.05) is 16.5 Å². The second-order valence-electron chi connectivity index (χ2n) is 4.79. The Morgan fingerprint density at radius 2 is 1.85 bits per heavy atom. The Kier molecular flexibility index (Phi) is 4.20. The zero-order chi connectivity index (χ0) is 14.9. The fraction of sp³-hybridized carbons (Fsp3) is 0.200. The maximum absolute atomic E-state index is 13.8. The number of benzene rings is 2. The number of rotatable bonds is 3. The molecular formula is C15H12BrF3O. The van der Waals surface area contributed by atoms with Crippen molar-refractivity contribution in [3.05, 3.63) is 69.4 Å². The SMILES string of the molecule is CC(O)(Cc1ccc(F)cc1Br)c1cccc(F)c1F. The van der Waals surface area contributed by atoms with Crippen LogP contribution in [0.1, 0.15) is 18.1 Å². The van der Waals surface area contributed by atoms with Gasteiger partial charge in [-0.25, -0.2) is 13.2 Å². The fourth-order valence-corrected chi connectivity index (χ4v) is 2.54. The first-order valence-electron chi connectivity index (χ1n) is 5.92. The predicted octanol–water partition coefficient (Wildman–Crippen LogP) is 4.32. The van der Waals surface area contributed by atoms with E-state index in [-0.39, 0.29) is 12.0 Å². The molecule has 0 saturated carbocycles. The molecule has 1 atom stereocenters. The summed E-state index contributed by atoms with van der Waals surface area (Å²) >= 11 is 3.19. The van der Waals surface area contributed by atoms with E-state index in [9.17, 15) is 18.3 Å². The maximum atomic E-state index is 13.8. The number of aliphatic hydroxyl groups is 1. The number of halogens is 4. The first-order chi connectivity index (χ1) is 9.31. The van der Waals surface area contributed by atoms with Gasteiger partial charge in [0.2, 0.25) is 0 Å². The zero-order valence-corrected chi connectivity index (χ0v) is 12.2. The van der Waals surface area contributed by atoms with Gasteiger partial charge in [-0.3, -0.25) is 0 Å². The molecule has 1 unspecified atom stereocenters. The molecule has 5 heteroatoms. The van der Waals surface area contributed by atoms with Crippen LogP contribution in [0, 0.1) is 17.5 Å². The summed E-state index contributed by atoms with van der Waals surface area (Å²) < 4.78 is 40.5. The summed E-state index contributed by atoms with van der Waals surface area (Å²) in [5.41, 5.74) is -1.14. The van der Waals surface area contributed by atoms with Crippen molar-refractivity contribution < 1.29 is 18.3 Å². The molecule has 2 rings (SSSR count). The summed E-state index contributed by atoms with van der Waals surface area (Å²) in [7, 11) is 0. The highest BCUT2D eigenvalue weighted by atomic mass is 79.9. The fourth-order valence-electron chi connectivity index (χ4n) is 2.05. The molecule has 0 amide bonds. The van der Waals surface area contributed by atoms with E-state index >= 15 is 0 Å². The van der Waals surface area contributed by atoms with Gasteiger partial charge in [0.25, 0.3) is 0 Å². The van der Waals surface area contributed by atoms with Gasteiger partial charge in [0.15, 0.2) is 11.6 Å². The molecule has 0 fully saturated rings. The van der Waals surface area contributed by atoms with Crippen LogP contribution in [0.4, 0.5) is 13.2 Å². The van der Waals surface area contributed by atoms with Gasteiger partial charge in [-0.2, -0.15) is 0 Å². The van der Waals surface area contributed by atoms with E-state index in [1.54, 1.807) is 0 Å². The summed E-state index contributed by atoms with van der Waals surface area (Å²) in [5.74, 6) is -2.51. The van der Waals surface area contributed by atoms with Crippen LogP contribution in [0.2, 0.25) is 0 Å². The first-order valence-corrected chi connectivity index (χ1v) is 6.71. The molecule has 2 aromatic carbocycles. The van der Waals surface area contributed by atoms with Crippen molar-refractivity contribution in [1.82, 2.24) is 0 Å². The van der Waals surface area contributed by atoms with Crippen LogP contribution in [-0.2, 0) is 12.0 Å². The van der Waals surface area contributed by atoms with Crippen LogP contribution in [0.3, 0.4) is 0 Å². The lowest BCUT2D eigenvalue weighted by Crippen LogP contribution is -2.26. The van der Waals surface area contributed by atoms with Crippen molar-refractivity contribution >= 4 is 15.9 Å². The Labute approximate surface area is 123 Å². The van der Waals surface area contributed by atoms with Gasteiger partial charge in [-0.15, -0.1) is 0 Å². The van der Waals surface area contributed by atoms with Gasteiger partial charge in [0.1, 0.15) is 5.82 Å². The Bertz CT molecular complexity index is 641. The quantitative estimate of drug-likeness (QED) is 0.879. The van der Waals surface area contributed by atoms with E-state index in [2.05, 4.69) is 15.9 Å². The van der Waals surface area contributed by atoms with Crippen molar-refractivity contribution in [3.8, 4) is 0 Å². The summed E-state index contributed by atoms with van der Waals surface area (Å²) in [4.78, 5) is 0. The standard InChI is InChI=1S/C15H12BrF3O/c1-15(20,11-3-2-4-13(18)14(11)19)8-9-5-6-10(17)7-12(9)16/h2-7,20H,8H2,1H3. The Morgan fingerprint density at radius 3 is 2.50 bits per heavy atom. The zero-order valence-electron chi connectivity index (χ0n) is 10.6. The molecule has 0 aliphatic heterocycles. The highest BCUT2D eigenvalue weighted by Crippen LogP contribution is 2.31. The molecule has 1 nitrogen and oxygen atoms in total. The molecule has 0 radical (unpaired) electrons. The summed E-state index contributed by atoms with van der Waals surface area (Å²) in [5, 5.41) is 10.4. The highest BCUT2D eigenvalue weighted by molar-refractivity contribution is 9.10. The molecule has 2 aromatic rings. The minimum absolute atomic E-state index is 0.0221. The average Bonchev–Trinajstić information content (AvgIpc) is 2.36. The lowest BCUT2D eigenvalue weighted by atomic mass is 9.88. The second-order valence-corrected chi connectivity index (χ2v) is 5.64. The van der Waals surface area contributed by atoms with Crippen molar-refractivity contribution in [2.75, 3.05) is 0 Å². The lowest BCUT2D eigenvalue weighted by Gasteiger charge is -2.25. The monoisotopic (exact) mass is 344 g/mol. The number of hydrogen-bond acceptors (Lipinski definition) is 1. The van der Waals surface area contributed by atoms with Crippen LogP contribution in [0.5, 0.6) is 0 Å². The summed E-state index contributed by atoms with van der Waals surface area (Å²) in [6.45, 7) is 1.39. The van der Waals surface area contributed by atoms with Crippen LogP contribution in [0.15, 0.2) is 40.9 Å². The van der Waals surface area contributed by atoms with Crippen molar-refractivity contribution in [2.45, 2.75) is 18.9 Å². The molecule has 0 spiro atoms. The normalized spacial score (nSPS) is 14.1. The Balaban J connectivity index is 2.38. The summed E-state index contributed by atoms with van der Waals surface area (Å²) in [6, 6.07) is 7.65. The van der Waals surface area contributed by atoms with E-state index in [1.807, 2.05) is 0 Å². The topological polar surface area (TPSA) is 20.2 Å². The van der Waals surface area contributed by atoms with Crippen molar-refractivity contribution in [3.63, 3.8) is 0 Å². The van der Waals surface area contributed by atoms with Crippen LogP contribution < -0.4 is 0 Å². The van der Waals surface area contributed by atoms with Crippen LogP contribution in [0.25, 0.3) is 0 Å². The van der Waals surface area contributed by atoms with Crippen LogP contribution >= 0.6 is 15.9 Å². The third kappa shape index (κ3) is 3.04. The predicted molar refractivity (Wildman–Crippen MR) is 73.7 cm³/mol. The first kappa shape index (κ1) is 15.1. The van der Waals surface area contributed by atoms with Crippen LogP contribution in [-0.4, -0.2) is 5.11 Å². The maximum Gasteiger partial charge on any atom is 0.164 e. The third-order valence-electron chi connectivity index (χ3n) is 3.08. The molecule has 1 N–H and O–H groups in total. The summed E-state index contributed by atoms with van der Waals surface area (Å²) in [6.07, 6.45) is 0.0221. The minimum Gasteiger partial charge on any atom is -0.385 e. The number of hydrogen-bond donors (Lipinski definition) is 1. The third-order valence-corrected chi connectivity index (χ3v) is 3.82. The van der Waals surface area contributed by atoms with Gasteiger partial charge < -0.3 is 5.11 Å². The van der Waals surface area contributed by atoms with Gasteiger partial charge in [0.05, 0.1) is 5.60 Å². The van der Waals surface area contributed by atoms with Gasteiger partial charge in [-0.1, -0.05) is 34.1 Å². The Morgan fingerprint density at radius 1 is 1.15 bits per heavy atom. The lowest BCUT2D eigenvalue weighted by molar-refractivity contribution is 0.0528. The molecule has 106 valence electrons. The molecule has 20 heavy (non-hydrogen) atoms. The molecular weight excluding hydrogens is 333 g/mol. The minimum atomic E-state index is -1.60. The van der Waals surface area contributed by atoms with E-state index in [0.717, 1.165) is 6.07 Å². The molecule has 0 bridgehead atoms. The van der Waals surface area contributed by atoms with E-state index < -0.39 is 23.1 Å². The molecule has 0 aliphatic rings. The molecule has 0 heterocycles.